The Hall–Kier alpha value is -3.37. The van der Waals surface area contributed by atoms with E-state index in [2.05, 4.69) is 15.4 Å². The first kappa shape index (κ1) is 19.0. The first-order valence-corrected chi connectivity index (χ1v) is 7.55. The number of hydrogen-bond donors (Lipinski definition) is 2. The van der Waals surface area contributed by atoms with Gasteiger partial charge in [0, 0.05) is 19.4 Å². The molecule has 3 aromatic rings. The fourth-order valence-electron chi connectivity index (χ4n) is 2.51. The van der Waals surface area contributed by atoms with Crippen LogP contribution in [0.5, 0.6) is 0 Å². The third-order valence-electron chi connectivity index (χ3n) is 3.89. The SMILES string of the molecule is CNC(=O)c1cnc(-n2[nH]cc(-c3ccc(C#N)cc3)c2=O)cc1C.Cl. The zero-order chi connectivity index (χ0) is 18.0. The van der Waals surface area contributed by atoms with Gasteiger partial charge in [0.2, 0.25) is 0 Å². The van der Waals surface area contributed by atoms with Crippen molar-refractivity contribution in [2.45, 2.75) is 6.92 Å². The highest BCUT2D eigenvalue weighted by atomic mass is 35.5. The van der Waals surface area contributed by atoms with E-state index in [-0.39, 0.29) is 23.9 Å². The highest BCUT2D eigenvalue weighted by Crippen LogP contribution is 2.17. The van der Waals surface area contributed by atoms with E-state index in [1.165, 1.54) is 10.9 Å². The van der Waals surface area contributed by atoms with Crippen LogP contribution < -0.4 is 10.9 Å². The number of carbonyl (C=O) groups is 1. The number of aryl methyl sites for hydroxylation is 1. The predicted molar refractivity (Wildman–Crippen MR) is 99.7 cm³/mol. The van der Waals surface area contributed by atoms with E-state index in [4.69, 9.17) is 5.26 Å². The van der Waals surface area contributed by atoms with E-state index in [9.17, 15) is 9.59 Å². The Morgan fingerprint density at radius 3 is 2.58 bits per heavy atom. The number of nitrogens with zero attached hydrogens (tertiary/aromatic N) is 3. The average Bonchev–Trinajstić information content (AvgIpc) is 3.02. The van der Waals surface area contributed by atoms with Crippen LogP contribution >= 0.6 is 12.4 Å². The van der Waals surface area contributed by atoms with Gasteiger partial charge in [-0.1, -0.05) is 12.1 Å². The van der Waals surface area contributed by atoms with Gasteiger partial charge in [0.15, 0.2) is 5.82 Å². The molecule has 0 radical (unpaired) electrons. The number of pyridine rings is 1. The van der Waals surface area contributed by atoms with Crippen molar-refractivity contribution >= 4 is 18.3 Å². The quantitative estimate of drug-likeness (QED) is 0.738. The van der Waals surface area contributed by atoms with Gasteiger partial charge in [0.05, 0.1) is 22.8 Å². The number of nitriles is 1. The Kier molecular flexibility index (Phi) is 5.60. The number of nitrogens with one attached hydrogen (secondary N) is 2. The van der Waals surface area contributed by atoms with Gasteiger partial charge in [-0.2, -0.15) is 5.26 Å². The summed E-state index contributed by atoms with van der Waals surface area (Å²) in [6, 6.07) is 10.5. The summed E-state index contributed by atoms with van der Waals surface area (Å²) in [4.78, 5) is 28.6. The molecule has 3 rings (SSSR count). The van der Waals surface area contributed by atoms with Crippen molar-refractivity contribution in [3.63, 3.8) is 0 Å². The molecule has 0 saturated heterocycles. The summed E-state index contributed by atoms with van der Waals surface area (Å²) in [5, 5.41) is 14.3. The maximum Gasteiger partial charge on any atom is 0.280 e. The van der Waals surface area contributed by atoms with Gasteiger partial charge in [0.25, 0.3) is 11.5 Å². The number of hydrogen-bond acceptors (Lipinski definition) is 4. The van der Waals surface area contributed by atoms with Crippen LogP contribution in [0.4, 0.5) is 0 Å². The second-order valence-electron chi connectivity index (χ2n) is 5.45. The number of halogens is 1. The van der Waals surface area contributed by atoms with Crippen LogP contribution in [0.25, 0.3) is 16.9 Å². The van der Waals surface area contributed by atoms with E-state index < -0.39 is 0 Å². The lowest BCUT2D eigenvalue weighted by atomic mass is 10.1. The van der Waals surface area contributed by atoms with Crippen molar-refractivity contribution in [2.75, 3.05) is 7.05 Å². The molecular formula is C18H16ClN5O2. The number of amides is 1. The van der Waals surface area contributed by atoms with Crippen molar-refractivity contribution in [3.8, 4) is 23.0 Å². The molecule has 0 aliphatic carbocycles. The van der Waals surface area contributed by atoms with Gasteiger partial charge in [-0.3, -0.25) is 14.7 Å². The number of rotatable bonds is 3. The number of benzene rings is 1. The smallest absolute Gasteiger partial charge is 0.280 e. The first-order valence-electron chi connectivity index (χ1n) is 7.55. The average molecular weight is 370 g/mol. The minimum absolute atomic E-state index is 0. The maximum absolute atomic E-state index is 12.7. The standard InChI is InChI=1S/C18H15N5O2.ClH/c1-11-7-16(21-9-14(11)17(24)20-2)23-18(25)15(10-22-23)13-5-3-12(8-19)4-6-13;/h3-7,9-10,22H,1-2H3,(H,20,24);1H. The van der Waals surface area contributed by atoms with Crippen LogP contribution in [-0.4, -0.2) is 27.7 Å². The zero-order valence-corrected chi connectivity index (χ0v) is 14.9. The fraction of sp³-hybridized carbons (Fsp3) is 0.111. The van der Waals surface area contributed by atoms with Crippen molar-refractivity contribution < 1.29 is 4.79 Å². The summed E-state index contributed by atoms with van der Waals surface area (Å²) in [7, 11) is 1.55. The molecular weight excluding hydrogens is 354 g/mol. The Balaban J connectivity index is 0.00000243. The third-order valence-corrected chi connectivity index (χ3v) is 3.89. The normalized spacial score (nSPS) is 9.88. The summed E-state index contributed by atoms with van der Waals surface area (Å²) in [6.45, 7) is 1.78. The molecule has 0 aliphatic heterocycles. The molecule has 2 heterocycles. The summed E-state index contributed by atoms with van der Waals surface area (Å²) in [5.74, 6) is 0.170. The van der Waals surface area contributed by atoms with E-state index >= 15 is 0 Å². The molecule has 0 bridgehead atoms. The van der Waals surface area contributed by atoms with Crippen LogP contribution in [-0.2, 0) is 0 Å². The van der Waals surface area contributed by atoms with Crippen molar-refractivity contribution in [3.05, 3.63) is 69.8 Å². The first-order chi connectivity index (χ1) is 12.0. The minimum Gasteiger partial charge on any atom is -0.355 e. The predicted octanol–water partition coefficient (Wildman–Crippen LogP) is 2.19. The topological polar surface area (TPSA) is 104 Å². The molecule has 7 nitrogen and oxygen atoms in total. The molecule has 1 aromatic carbocycles. The Morgan fingerprint density at radius 1 is 1.31 bits per heavy atom. The Bertz CT molecular complexity index is 1040. The maximum atomic E-state index is 12.7. The Labute approximate surface area is 155 Å². The highest BCUT2D eigenvalue weighted by molar-refractivity contribution is 5.95. The molecule has 26 heavy (non-hydrogen) atoms. The highest BCUT2D eigenvalue weighted by Gasteiger charge is 2.13. The molecule has 0 unspecified atom stereocenters. The molecule has 132 valence electrons. The van der Waals surface area contributed by atoms with Gasteiger partial charge in [0.1, 0.15) is 0 Å². The molecule has 8 heteroatoms. The van der Waals surface area contributed by atoms with E-state index in [0.717, 1.165) is 0 Å². The lowest BCUT2D eigenvalue weighted by Gasteiger charge is -2.06. The summed E-state index contributed by atoms with van der Waals surface area (Å²) < 4.78 is 1.31. The molecule has 1 amide bonds. The van der Waals surface area contributed by atoms with Gasteiger partial charge < -0.3 is 5.32 Å². The largest absolute Gasteiger partial charge is 0.355 e. The van der Waals surface area contributed by atoms with Gasteiger partial charge in [-0.25, -0.2) is 9.67 Å². The van der Waals surface area contributed by atoms with Crippen LogP contribution in [0.3, 0.4) is 0 Å². The second-order valence-corrected chi connectivity index (χ2v) is 5.45. The zero-order valence-electron chi connectivity index (χ0n) is 14.1. The molecule has 0 spiro atoms. The van der Waals surface area contributed by atoms with Crippen LogP contribution in [0, 0.1) is 18.3 Å². The molecule has 0 saturated carbocycles. The Morgan fingerprint density at radius 2 is 2.00 bits per heavy atom. The van der Waals surface area contributed by atoms with Crippen molar-refractivity contribution in [2.24, 2.45) is 0 Å². The lowest BCUT2D eigenvalue weighted by molar-refractivity contribution is 0.0962. The van der Waals surface area contributed by atoms with Gasteiger partial charge >= 0.3 is 0 Å². The van der Waals surface area contributed by atoms with Crippen LogP contribution in [0.2, 0.25) is 0 Å². The second kappa shape index (κ2) is 7.68. The lowest BCUT2D eigenvalue weighted by Crippen LogP contribution is -2.21. The van der Waals surface area contributed by atoms with Gasteiger partial charge in [-0.05, 0) is 36.2 Å². The van der Waals surface area contributed by atoms with E-state index in [0.29, 0.717) is 33.6 Å². The summed E-state index contributed by atoms with van der Waals surface area (Å²) in [5.41, 5.74) is 2.62. The third kappa shape index (κ3) is 3.36. The molecule has 0 aliphatic rings. The molecule has 0 atom stereocenters. The molecule has 0 fully saturated rings. The van der Waals surface area contributed by atoms with Gasteiger partial charge in [-0.15, -0.1) is 12.4 Å². The van der Waals surface area contributed by atoms with E-state index in [1.807, 2.05) is 6.07 Å². The number of aromatic amines is 1. The number of H-pyrrole nitrogens is 1. The minimum atomic E-state index is -0.260. The fourth-order valence-corrected chi connectivity index (χ4v) is 2.51. The summed E-state index contributed by atoms with van der Waals surface area (Å²) in [6.07, 6.45) is 3.03. The van der Waals surface area contributed by atoms with Crippen molar-refractivity contribution in [1.82, 2.24) is 20.1 Å². The van der Waals surface area contributed by atoms with Crippen LogP contribution in [0.15, 0.2) is 47.5 Å². The number of carbonyl (C=O) groups excluding carboxylic acids is 1. The summed E-state index contributed by atoms with van der Waals surface area (Å²) >= 11 is 0. The van der Waals surface area contributed by atoms with E-state index in [1.54, 1.807) is 50.5 Å². The molecule has 2 aromatic heterocycles. The van der Waals surface area contributed by atoms with Crippen molar-refractivity contribution in [1.29, 1.82) is 5.26 Å². The number of aromatic nitrogens is 3. The molecule has 2 N–H and O–H groups in total. The monoisotopic (exact) mass is 369 g/mol. The van der Waals surface area contributed by atoms with Crippen LogP contribution in [0.1, 0.15) is 21.5 Å².